The molecule has 0 spiro atoms. The third-order valence-corrected chi connectivity index (χ3v) is 6.47. The first-order valence-electron chi connectivity index (χ1n) is 7.20. The second-order valence-electron chi connectivity index (χ2n) is 5.33. The van der Waals surface area contributed by atoms with Gasteiger partial charge in [-0.25, -0.2) is 8.42 Å². The first-order valence-corrected chi connectivity index (χ1v) is 10.6. The maximum absolute atomic E-state index is 12.5. The molecule has 3 rings (SSSR count). The summed E-state index contributed by atoms with van der Waals surface area (Å²) in [4.78, 5) is -0.170. The number of nitrogens with one attached hydrogen (secondary N) is 1. The van der Waals surface area contributed by atoms with Gasteiger partial charge in [0.25, 0.3) is 10.0 Å². The zero-order valence-electron chi connectivity index (χ0n) is 13.0. The van der Waals surface area contributed by atoms with E-state index in [0.29, 0.717) is 6.54 Å². The Morgan fingerprint density at radius 1 is 1.00 bits per heavy atom. The fourth-order valence-corrected chi connectivity index (χ4v) is 4.45. The minimum Gasteiger partial charge on any atom is -0.266 e. The molecule has 0 bridgehead atoms. The lowest BCUT2D eigenvalue weighted by atomic mass is 10.2. The molecule has 0 fully saturated rings. The normalized spacial score (nSPS) is 11.5. The van der Waals surface area contributed by atoms with E-state index in [9.17, 15) is 8.42 Å². The lowest BCUT2D eigenvalue weighted by Crippen LogP contribution is -2.14. The van der Waals surface area contributed by atoms with E-state index >= 15 is 0 Å². The van der Waals surface area contributed by atoms with Gasteiger partial charge in [0.05, 0.1) is 21.6 Å². The molecule has 1 heterocycles. The van der Waals surface area contributed by atoms with E-state index in [1.54, 1.807) is 16.9 Å². The maximum Gasteiger partial charge on any atom is 0.264 e. The van der Waals surface area contributed by atoms with Gasteiger partial charge in [0.2, 0.25) is 0 Å². The molecule has 0 amide bonds. The Balaban J connectivity index is 1.80. The second-order valence-corrected chi connectivity index (χ2v) is 9.12. The summed E-state index contributed by atoms with van der Waals surface area (Å²) in [6.07, 6.45) is 1.68. The Kier molecular flexibility index (Phi) is 5.84. The predicted molar refractivity (Wildman–Crippen MR) is 108 cm³/mol. The van der Waals surface area contributed by atoms with Crippen molar-refractivity contribution in [3.63, 3.8) is 0 Å². The summed E-state index contributed by atoms with van der Waals surface area (Å²) in [5.74, 6) is 0.171. The summed E-state index contributed by atoms with van der Waals surface area (Å²) >= 11 is 21.1. The number of benzene rings is 2. The van der Waals surface area contributed by atoms with Gasteiger partial charge in [0, 0.05) is 16.7 Å². The Labute approximate surface area is 174 Å². The molecule has 0 aliphatic rings. The summed E-state index contributed by atoms with van der Waals surface area (Å²) in [7, 11) is -3.96. The van der Waals surface area contributed by atoms with Gasteiger partial charge in [-0.2, -0.15) is 5.10 Å². The van der Waals surface area contributed by atoms with Gasteiger partial charge in [0.1, 0.15) is 4.90 Å². The molecule has 136 valence electrons. The quantitative estimate of drug-likeness (QED) is 0.479. The van der Waals surface area contributed by atoms with Crippen LogP contribution in [0.25, 0.3) is 0 Å². The van der Waals surface area contributed by atoms with Gasteiger partial charge < -0.3 is 0 Å². The van der Waals surface area contributed by atoms with Crippen LogP contribution in [0.4, 0.5) is 5.82 Å². The number of hydrogen-bond acceptors (Lipinski definition) is 3. The maximum atomic E-state index is 12.5. The van der Waals surface area contributed by atoms with Gasteiger partial charge in [-0.05, 0) is 29.8 Å². The highest BCUT2D eigenvalue weighted by Crippen LogP contribution is 2.32. The Hall–Kier alpha value is -1.25. The summed E-state index contributed by atoms with van der Waals surface area (Å²) in [6.45, 7) is 0.503. The zero-order chi connectivity index (χ0) is 18.9. The lowest BCUT2D eigenvalue weighted by molar-refractivity contribution is 0.600. The zero-order valence-corrected chi connectivity index (χ0v) is 17.6. The molecule has 0 saturated carbocycles. The molecule has 0 aliphatic heterocycles. The minimum atomic E-state index is -3.96. The van der Waals surface area contributed by atoms with Crippen molar-refractivity contribution in [1.29, 1.82) is 0 Å². The highest BCUT2D eigenvalue weighted by Gasteiger charge is 2.21. The van der Waals surface area contributed by atoms with Crippen molar-refractivity contribution >= 4 is 66.6 Å². The van der Waals surface area contributed by atoms with E-state index in [1.807, 2.05) is 24.3 Å². The van der Waals surface area contributed by atoms with Crippen molar-refractivity contribution in [1.82, 2.24) is 9.78 Å². The average molecular weight is 496 g/mol. The largest absolute Gasteiger partial charge is 0.266 e. The predicted octanol–water partition coefficient (Wildman–Crippen LogP) is 5.45. The van der Waals surface area contributed by atoms with Crippen LogP contribution in [0.1, 0.15) is 5.56 Å². The average Bonchev–Trinajstić information content (AvgIpc) is 2.99. The fourth-order valence-electron chi connectivity index (χ4n) is 2.18. The summed E-state index contributed by atoms with van der Waals surface area (Å²) < 4.78 is 30.1. The van der Waals surface area contributed by atoms with Crippen LogP contribution in [0.15, 0.2) is 58.0 Å². The number of nitrogens with zero attached hydrogens (tertiary/aromatic N) is 2. The van der Waals surface area contributed by atoms with Crippen LogP contribution < -0.4 is 4.72 Å². The first-order chi connectivity index (χ1) is 12.2. The number of rotatable bonds is 5. The number of aromatic nitrogens is 2. The molecule has 0 atom stereocenters. The van der Waals surface area contributed by atoms with Crippen LogP contribution in [-0.4, -0.2) is 18.2 Å². The molecule has 0 saturated heterocycles. The van der Waals surface area contributed by atoms with Crippen molar-refractivity contribution < 1.29 is 8.42 Å². The molecule has 0 radical (unpaired) electrons. The monoisotopic (exact) mass is 493 g/mol. The Morgan fingerprint density at radius 2 is 1.65 bits per heavy atom. The van der Waals surface area contributed by atoms with E-state index in [2.05, 4.69) is 25.8 Å². The molecule has 1 aromatic heterocycles. The number of sulfonamides is 1. The van der Waals surface area contributed by atoms with Crippen molar-refractivity contribution in [2.75, 3.05) is 4.72 Å². The summed E-state index contributed by atoms with van der Waals surface area (Å²) in [5, 5.41) is 4.46. The Bertz CT molecular complexity index is 1050. The fraction of sp³-hybridized carbons (Fsp3) is 0.0625. The molecule has 0 aliphatic carbocycles. The lowest BCUT2D eigenvalue weighted by Gasteiger charge is -2.09. The third kappa shape index (κ3) is 4.53. The van der Waals surface area contributed by atoms with Crippen LogP contribution in [0, 0.1) is 0 Å². The minimum absolute atomic E-state index is 0.0267. The van der Waals surface area contributed by atoms with Crippen LogP contribution in [0.3, 0.4) is 0 Å². The van der Waals surface area contributed by atoms with Crippen molar-refractivity contribution in [3.05, 3.63) is 73.8 Å². The molecule has 2 aromatic carbocycles. The van der Waals surface area contributed by atoms with E-state index < -0.39 is 10.0 Å². The van der Waals surface area contributed by atoms with Crippen LogP contribution in [-0.2, 0) is 16.6 Å². The highest BCUT2D eigenvalue weighted by molar-refractivity contribution is 9.10. The van der Waals surface area contributed by atoms with Gasteiger partial charge >= 0.3 is 0 Å². The van der Waals surface area contributed by atoms with Gasteiger partial charge in [-0.1, -0.05) is 62.9 Å². The topological polar surface area (TPSA) is 64.0 Å². The molecule has 0 unspecified atom stereocenters. The van der Waals surface area contributed by atoms with E-state index in [1.165, 1.54) is 12.1 Å². The van der Waals surface area contributed by atoms with E-state index in [0.717, 1.165) is 10.0 Å². The van der Waals surface area contributed by atoms with Crippen LogP contribution >= 0.6 is 50.7 Å². The van der Waals surface area contributed by atoms with Crippen LogP contribution in [0.2, 0.25) is 15.1 Å². The van der Waals surface area contributed by atoms with Gasteiger partial charge in [-0.3, -0.25) is 9.40 Å². The van der Waals surface area contributed by atoms with Gasteiger partial charge in [-0.15, -0.1) is 0 Å². The first kappa shape index (κ1) is 19.5. The molecular weight excluding hydrogens is 485 g/mol. The molecule has 1 N–H and O–H groups in total. The van der Waals surface area contributed by atoms with Crippen molar-refractivity contribution in [2.45, 2.75) is 11.4 Å². The van der Waals surface area contributed by atoms with Gasteiger partial charge in [0.15, 0.2) is 5.82 Å². The summed E-state index contributed by atoms with van der Waals surface area (Å²) in [5.41, 5.74) is 1.03. The van der Waals surface area contributed by atoms with E-state index in [-0.39, 0.29) is 25.8 Å². The standard InChI is InChI=1S/C16H11BrCl3N3O2S/c17-11-3-1-10(2-4-11)9-23-6-5-16(21-23)22-26(24,25)15-8-13(19)12(18)7-14(15)20/h1-8H,9H2,(H,21,22). The smallest absolute Gasteiger partial charge is 0.264 e. The van der Waals surface area contributed by atoms with Crippen LogP contribution in [0.5, 0.6) is 0 Å². The highest BCUT2D eigenvalue weighted by atomic mass is 79.9. The number of halogens is 4. The molecule has 26 heavy (non-hydrogen) atoms. The molecular formula is C16H11BrCl3N3O2S. The van der Waals surface area contributed by atoms with Crippen molar-refractivity contribution in [3.8, 4) is 0 Å². The molecule has 10 heteroatoms. The molecule has 3 aromatic rings. The Morgan fingerprint density at radius 3 is 2.35 bits per heavy atom. The second kappa shape index (κ2) is 7.78. The molecule has 5 nitrogen and oxygen atoms in total. The van der Waals surface area contributed by atoms with Crippen molar-refractivity contribution in [2.24, 2.45) is 0 Å². The third-order valence-electron chi connectivity index (χ3n) is 3.40. The number of anilines is 1. The SMILES string of the molecule is O=S(=O)(Nc1ccn(Cc2ccc(Br)cc2)n1)c1cc(Cl)c(Cl)cc1Cl. The number of hydrogen-bond donors (Lipinski definition) is 1. The summed E-state index contributed by atoms with van der Waals surface area (Å²) in [6, 6.07) is 11.8. The van der Waals surface area contributed by atoms with E-state index in [4.69, 9.17) is 34.8 Å².